The molecular formula is C24H28N2O3. The van der Waals surface area contributed by atoms with Crippen molar-refractivity contribution in [1.29, 1.82) is 0 Å². The van der Waals surface area contributed by atoms with Gasteiger partial charge in [0.2, 0.25) is 11.7 Å². The molecule has 0 radical (unpaired) electrons. The SMILES string of the molecule is CC(C)(C)c1ccc(C(=O)C(=O)N2CCCC(C(=O)Nc3ccccc3)C2)cc1. The van der Waals surface area contributed by atoms with E-state index in [0.717, 1.165) is 11.3 Å². The van der Waals surface area contributed by atoms with Crippen LogP contribution in [-0.4, -0.2) is 35.6 Å². The maximum Gasteiger partial charge on any atom is 0.294 e. The van der Waals surface area contributed by atoms with Crippen LogP contribution in [-0.2, 0) is 15.0 Å². The Kier molecular flexibility index (Phi) is 6.16. The lowest BCUT2D eigenvalue weighted by Gasteiger charge is -2.31. The molecule has 0 aromatic heterocycles. The van der Waals surface area contributed by atoms with Gasteiger partial charge in [-0.2, -0.15) is 0 Å². The molecule has 1 aliphatic rings. The van der Waals surface area contributed by atoms with Crippen LogP contribution in [0.2, 0.25) is 0 Å². The predicted octanol–water partition coefficient (Wildman–Crippen LogP) is 4.04. The Balaban J connectivity index is 1.64. The van der Waals surface area contributed by atoms with Crippen LogP contribution in [0, 0.1) is 5.92 Å². The van der Waals surface area contributed by atoms with Gasteiger partial charge in [-0.15, -0.1) is 0 Å². The molecule has 1 aliphatic heterocycles. The summed E-state index contributed by atoms with van der Waals surface area (Å²) in [5.74, 6) is -1.49. The molecule has 1 saturated heterocycles. The van der Waals surface area contributed by atoms with Crippen LogP contribution in [0.25, 0.3) is 0 Å². The maximum atomic E-state index is 12.8. The summed E-state index contributed by atoms with van der Waals surface area (Å²) in [6, 6.07) is 16.5. The number of hydrogen-bond donors (Lipinski definition) is 1. The van der Waals surface area contributed by atoms with Crippen molar-refractivity contribution in [3.8, 4) is 0 Å². The minimum absolute atomic E-state index is 0.0161. The van der Waals surface area contributed by atoms with Gasteiger partial charge in [-0.25, -0.2) is 0 Å². The molecule has 0 saturated carbocycles. The van der Waals surface area contributed by atoms with Crippen molar-refractivity contribution in [2.75, 3.05) is 18.4 Å². The van der Waals surface area contributed by atoms with E-state index in [1.807, 2.05) is 42.5 Å². The van der Waals surface area contributed by atoms with Gasteiger partial charge in [0.15, 0.2) is 0 Å². The molecule has 1 unspecified atom stereocenters. The van der Waals surface area contributed by atoms with E-state index in [-0.39, 0.29) is 23.8 Å². The number of Topliss-reactive ketones (excluding diaryl/α,β-unsaturated/α-hetero) is 1. The molecule has 1 atom stereocenters. The second kappa shape index (κ2) is 8.60. The highest BCUT2D eigenvalue weighted by Crippen LogP contribution is 2.23. The summed E-state index contributed by atoms with van der Waals surface area (Å²) < 4.78 is 0. The van der Waals surface area contributed by atoms with Gasteiger partial charge in [-0.1, -0.05) is 63.2 Å². The standard InChI is InChI=1S/C24H28N2O3/c1-24(2,3)19-13-11-17(12-14-19)21(27)23(29)26-15-7-8-18(16-26)22(28)25-20-9-5-4-6-10-20/h4-6,9-14,18H,7-8,15-16H2,1-3H3,(H,25,28). The zero-order chi connectivity index (χ0) is 21.0. The highest BCUT2D eigenvalue weighted by atomic mass is 16.2. The smallest absolute Gasteiger partial charge is 0.294 e. The van der Waals surface area contributed by atoms with Gasteiger partial charge >= 0.3 is 0 Å². The topological polar surface area (TPSA) is 66.5 Å². The molecule has 152 valence electrons. The van der Waals surface area contributed by atoms with Crippen molar-refractivity contribution in [2.24, 2.45) is 5.92 Å². The van der Waals surface area contributed by atoms with Crippen molar-refractivity contribution >= 4 is 23.3 Å². The Morgan fingerprint density at radius 3 is 2.24 bits per heavy atom. The lowest BCUT2D eigenvalue weighted by atomic mass is 9.86. The molecular weight excluding hydrogens is 364 g/mol. The lowest BCUT2D eigenvalue weighted by molar-refractivity contribution is -0.130. The summed E-state index contributed by atoms with van der Waals surface area (Å²) in [7, 11) is 0. The van der Waals surface area contributed by atoms with Crippen LogP contribution >= 0.6 is 0 Å². The molecule has 2 amide bonds. The highest BCUT2D eigenvalue weighted by molar-refractivity contribution is 6.42. The van der Waals surface area contributed by atoms with Gasteiger partial charge in [-0.3, -0.25) is 14.4 Å². The van der Waals surface area contributed by atoms with Crippen molar-refractivity contribution in [3.05, 3.63) is 65.7 Å². The third-order valence-corrected chi connectivity index (χ3v) is 5.33. The van der Waals surface area contributed by atoms with Crippen molar-refractivity contribution < 1.29 is 14.4 Å². The highest BCUT2D eigenvalue weighted by Gasteiger charge is 2.31. The minimum Gasteiger partial charge on any atom is -0.335 e. The average Bonchev–Trinajstić information content (AvgIpc) is 2.73. The number of ketones is 1. The zero-order valence-corrected chi connectivity index (χ0v) is 17.3. The number of nitrogens with zero attached hydrogens (tertiary/aromatic N) is 1. The van der Waals surface area contributed by atoms with Gasteiger partial charge < -0.3 is 10.2 Å². The van der Waals surface area contributed by atoms with E-state index in [1.165, 1.54) is 4.90 Å². The molecule has 29 heavy (non-hydrogen) atoms. The van der Waals surface area contributed by atoms with E-state index in [0.29, 0.717) is 24.9 Å². The van der Waals surface area contributed by atoms with E-state index in [9.17, 15) is 14.4 Å². The van der Waals surface area contributed by atoms with Crippen LogP contribution in [0.1, 0.15) is 49.5 Å². The third-order valence-electron chi connectivity index (χ3n) is 5.33. The number of rotatable bonds is 4. The van der Waals surface area contributed by atoms with Gasteiger partial charge in [0, 0.05) is 24.3 Å². The summed E-state index contributed by atoms with van der Waals surface area (Å²) in [6.07, 6.45) is 1.41. The van der Waals surface area contributed by atoms with E-state index in [1.54, 1.807) is 12.1 Å². The zero-order valence-electron chi connectivity index (χ0n) is 17.3. The normalized spacial score (nSPS) is 16.9. The molecule has 1 heterocycles. The predicted molar refractivity (Wildman–Crippen MR) is 114 cm³/mol. The lowest BCUT2D eigenvalue weighted by Crippen LogP contribution is -2.46. The number of benzene rings is 2. The number of para-hydroxylation sites is 1. The second-order valence-corrected chi connectivity index (χ2v) is 8.60. The molecule has 0 spiro atoms. The first-order chi connectivity index (χ1) is 13.8. The number of hydrogen-bond acceptors (Lipinski definition) is 3. The Labute approximate surface area is 172 Å². The molecule has 3 rings (SSSR count). The number of amides is 2. The summed E-state index contributed by atoms with van der Waals surface area (Å²) in [5, 5.41) is 2.89. The largest absolute Gasteiger partial charge is 0.335 e. The summed E-state index contributed by atoms with van der Waals surface area (Å²) in [5.41, 5.74) is 2.21. The number of anilines is 1. The summed E-state index contributed by atoms with van der Waals surface area (Å²) >= 11 is 0. The fraction of sp³-hybridized carbons (Fsp3) is 0.375. The Bertz CT molecular complexity index is 883. The first kappa shape index (κ1) is 20.8. The van der Waals surface area contributed by atoms with Gasteiger partial charge in [-0.05, 0) is 36.0 Å². The number of piperidine rings is 1. The quantitative estimate of drug-likeness (QED) is 0.631. The van der Waals surface area contributed by atoms with Crippen LogP contribution < -0.4 is 5.32 Å². The molecule has 2 aromatic carbocycles. The third kappa shape index (κ3) is 5.11. The Morgan fingerprint density at radius 1 is 0.966 bits per heavy atom. The Morgan fingerprint density at radius 2 is 1.62 bits per heavy atom. The van der Waals surface area contributed by atoms with E-state index in [2.05, 4.69) is 26.1 Å². The summed E-state index contributed by atoms with van der Waals surface area (Å²) in [6.45, 7) is 7.07. The van der Waals surface area contributed by atoms with Crippen LogP contribution in [0.15, 0.2) is 54.6 Å². The van der Waals surface area contributed by atoms with Gasteiger partial charge in [0.05, 0.1) is 5.92 Å². The first-order valence-corrected chi connectivity index (χ1v) is 10.1. The summed E-state index contributed by atoms with van der Waals surface area (Å²) in [4.78, 5) is 39.5. The van der Waals surface area contributed by atoms with E-state index >= 15 is 0 Å². The van der Waals surface area contributed by atoms with Crippen LogP contribution in [0.3, 0.4) is 0 Å². The van der Waals surface area contributed by atoms with Crippen molar-refractivity contribution in [3.63, 3.8) is 0 Å². The van der Waals surface area contributed by atoms with E-state index in [4.69, 9.17) is 0 Å². The average molecular weight is 392 g/mol. The Hall–Kier alpha value is -2.95. The molecule has 0 aliphatic carbocycles. The molecule has 1 N–H and O–H groups in total. The fourth-order valence-corrected chi connectivity index (χ4v) is 3.53. The van der Waals surface area contributed by atoms with Gasteiger partial charge in [0.25, 0.3) is 5.91 Å². The number of likely N-dealkylation sites (tertiary alicyclic amines) is 1. The maximum absolute atomic E-state index is 12.8. The molecule has 1 fully saturated rings. The molecule has 0 bridgehead atoms. The van der Waals surface area contributed by atoms with Crippen molar-refractivity contribution in [2.45, 2.75) is 39.0 Å². The monoisotopic (exact) mass is 392 g/mol. The molecule has 5 heteroatoms. The minimum atomic E-state index is -0.536. The van der Waals surface area contributed by atoms with Gasteiger partial charge in [0.1, 0.15) is 0 Å². The number of carbonyl (C=O) groups is 3. The van der Waals surface area contributed by atoms with E-state index < -0.39 is 11.7 Å². The van der Waals surface area contributed by atoms with Crippen LogP contribution in [0.5, 0.6) is 0 Å². The number of nitrogens with one attached hydrogen (secondary N) is 1. The fourth-order valence-electron chi connectivity index (χ4n) is 3.53. The molecule has 5 nitrogen and oxygen atoms in total. The molecule has 2 aromatic rings. The van der Waals surface area contributed by atoms with Crippen molar-refractivity contribution in [1.82, 2.24) is 4.90 Å². The van der Waals surface area contributed by atoms with Crippen LogP contribution in [0.4, 0.5) is 5.69 Å². The first-order valence-electron chi connectivity index (χ1n) is 10.1. The number of carbonyl (C=O) groups excluding carboxylic acids is 3. The second-order valence-electron chi connectivity index (χ2n) is 8.60.